The molecule has 0 amide bonds. The molecule has 0 saturated carbocycles. The van der Waals surface area contributed by atoms with Gasteiger partial charge in [0.1, 0.15) is 0 Å². The second-order valence-corrected chi connectivity index (χ2v) is 2.35. The third-order valence-corrected chi connectivity index (χ3v) is 1.47. The summed E-state index contributed by atoms with van der Waals surface area (Å²) >= 11 is 0. The van der Waals surface area contributed by atoms with E-state index < -0.39 is 0 Å². The van der Waals surface area contributed by atoms with Crippen molar-refractivity contribution < 1.29 is 0 Å². The van der Waals surface area contributed by atoms with Gasteiger partial charge >= 0.3 is 67.8 Å². The van der Waals surface area contributed by atoms with E-state index in [1.54, 1.807) is 6.08 Å². The normalized spacial score (nSPS) is 9.82. The van der Waals surface area contributed by atoms with Gasteiger partial charge in [-0.3, -0.25) is 0 Å². The standard InChI is InChI=1S/C10H11B/c1-2-3-4-7-10-8-5-6-9-11-10/h2-6,8-9H,1,7H2. The Labute approximate surface area is 68.5 Å². The zero-order valence-electron chi connectivity index (χ0n) is 6.53. The van der Waals surface area contributed by atoms with Gasteiger partial charge in [0.15, 0.2) is 0 Å². The van der Waals surface area contributed by atoms with E-state index in [1.807, 2.05) is 12.1 Å². The number of hydrogen-bond donors (Lipinski definition) is 0. The summed E-state index contributed by atoms with van der Waals surface area (Å²) in [4.78, 5) is 0. The Morgan fingerprint density at radius 2 is 2.36 bits per heavy atom. The van der Waals surface area contributed by atoms with Crippen LogP contribution in [-0.2, 0) is 6.42 Å². The van der Waals surface area contributed by atoms with Crippen LogP contribution in [-0.4, -0.2) is 6.91 Å². The quantitative estimate of drug-likeness (QED) is 0.568. The maximum absolute atomic E-state index is 3.61. The van der Waals surface area contributed by atoms with E-state index in [9.17, 15) is 0 Å². The summed E-state index contributed by atoms with van der Waals surface area (Å²) in [5, 5.41) is 0. The molecule has 54 valence electrons. The van der Waals surface area contributed by atoms with Crippen molar-refractivity contribution in [2.45, 2.75) is 6.42 Å². The maximum atomic E-state index is 3.61. The third-order valence-electron chi connectivity index (χ3n) is 1.47. The minimum absolute atomic E-state index is 0.993. The molecule has 0 unspecified atom stereocenters. The fourth-order valence-electron chi connectivity index (χ4n) is 0.914. The molecule has 0 bridgehead atoms. The zero-order valence-corrected chi connectivity index (χ0v) is 6.53. The van der Waals surface area contributed by atoms with E-state index in [0.29, 0.717) is 0 Å². The SMILES string of the molecule is C=CC=CCc1bcccc1. The minimum atomic E-state index is 0.993. The van der Waals surface area contributed by atoms with Crippen molar-refractivity contribution in [2.75, 3.05) is 0 Å². The summed E-state index contributed by atoms with van der Waals surface area (Å²) < 4.78 is 0. The van der Waals surface area contributed by atoms with E-state index in [1.165, 1.54) is 5.46 Å². The summed E-state index contributed by atoms with van der Waals surface area (Å²) in [5.74, 6) is 2.05. The molecule has 0 aliphatic heterocycles. The molecule has 0 saturated heterocycles. The van der Waals surface area contributed by atoms with E-state index in [2.05, 4.69) is 37.7 Å². The van der Waals surface area contributed by atoms with Gasteiger partial charge in [-0.1, -0.05) is 0 Å². The van der Waals surface area contributed by atoms with Crippen LogP contribution in [0.25, 0.3) is 0 Å². The predicted molar refractivity (Wildman–Crippen MR) is 50.8 cm³/mol. The molecule has 1 aromatic heterocycles. The van der Waals surface area contributed by atoms with E-state index in [4.69, 9.17) is 0 Å². The van der Waals surface area contributed by atoms with Crippen LogP contribution in [0, 0.1) is 0 Å². The van der Waals surface area contributed by atoms with Crippen molar-refractivity contribution in [1.29, 1.82) is 0 Å². The van der Waals surface area contributed by atoms with Gasteiger partial charge in [-0.2, -0.15) is 0 Å². The number of rotatable bonds is 3. The second kappa shape index (κ2) is 4.67. The molecule has 0 fully saturated rings. The van der Waals surface area contributed by atoms with Gasteiger partial charge < -0.3 is 0 Å². The van der Waals surface area contributed by atoms with Crippen LogP contribution in [0.2, 0.25) is 0 Å². The average molecular weight is 142 g/mol. The third kappa shape index (κ3) is 2.99. The Morgan fingerprint density at radius 3 is 3.00 bits per heavy atom. The summed E-state index contributed by atoms with van der Waals surface area (Å²) in [5.41, 5.74) is 1.34. The molecule has 0 spiro atoms. The van der Waals surface area contributed by atoms with Gasteiger partial charge in [0.2, 0.25) is 0 Å². The molecule has 1 heteroatoms. The predicted octanol–water partition coefficient (Wildman–Crippen LogP) is 2.31. The zero-order chi connectivity index (χ0) is 7.94. The second-order valence-electron chi connectivity index (χ2n) is 2.35. The van der Waals surface area contributed by atoms with Gasteiger partial charge in [-0.25, -0.2) is 0 Å². The van der Waals surface area contributed by atoms with Crippen molar-refractivity contribution in [3.8, 4) is 0 Å². The van der Waals surface area contributed by atoms with Crippen LogP contribution in [0.4, 0.5) is 0 Å². The average Bonchev–Trinajstić information content (AvgIpc) is 2.07. The summed E-state index contributed by atoms with van der Waals surface area (Å²) in [6, 6.07) is 6.20. The molecule has 0 nitrogen and oxygen atoms in total. The first-order valence-corrected chi connectivity index (χ1v) is 3.75. The van der Waals surface area contributed by atoms with Crippen LogP contribution in [0.3, 0.4) is 0 Å². The molecule has 1 rings (SSSR count). The fourth-order valence-corrected chi connectivity index (χ4v) is 0.914. The molecular formula is C10H11B. The van der Waals surface area contributed by atoms with Gasteiger partial charge in [0.25, 0.3) is 0 Å². The van der Waals surface area contributed by atoms with Gasteiger partial charge in [-0.05, 0) is 0 Å². The van der Waals surface area contributed by atoms with Crippen LogP contribution >= 0.6 is 0 Å². The van der Waals surface area contributed by atoms with Crippen molar-refractivity contribution in [3.05, 3.63) is 54.4 Å². The molecular weight excluding hydrogens is 131 g/mol. The topological polar surface area (TPSA) is 0 Å². The van der Waals surface area contributed by atoms with E-state index in [-0.39, 0.29) is 0 Å². The van der Waals surface area contributed by atoms with Crippen LogP contribution in [0.5, 0.6) is 0 Å². The summed E-state index contributed by atoms with van der Waals surface area (Å²) in [6.07, 6.45) is 6.85. The van der Waals surface area contributed by atoms with Crippen LogP contribution < -0.4 is 0 Å². The Balaban J connectivity index is 2.51. The van der Waals surface area contributed by atoms with E-state index >= 15 is 0 Å². The Hall–Kier alpha value is -1.11. The molecule has 0 N–H and O–H groups in total. The molecule has 0 atom stereocenters. The van der Waals surface area contributed by atoms with Crippen molar-refractivity contribution in [2.24, 2.45) is 0 Å². The molecule has 1 heterocycles. The first-order valence-electron chi connectivity index (χ1n) is 3.75. The van der Waals surface area contributed by atoms with Gasteiger partial charge in [-0.15, -0.1) is 0 Å². The van der Waals surface area contributed by atoms with Gasteiger partial charge in [0.05, 0.1) is 0 Å². The Kier molecular flexibility index (Phi) is 3.40. The first-order chi connectivity index (χ1) is 5.43. The number of hydrogen-bond acceptors (Lipinski definition) is 0. The van der Waals surface area contributed by atoms with Crippen LogP contribution in [0.1, 0.15) is 5.46 Å². The fraction of sp³-hybridized carbons (Fsp3) is 0.100. The summed E-state index contributed by atoms with van der Waals surface area (Å²) in [6.45, 7) is 5.72. The van der Waals surface area contributed by atoms with Crippen molar-refractivity contribution >= 4 is 6.91 Å². The van der Waals surface area contributed by atoms with E-state index in [0.717, 1.165) is 6.42 Å². The monoisotopic (exact) mass is 142 g/mol. The van der Waals surface area contributed by atoms with Crippen molar-refractivity contribution in [1.82, 2.24) is 0 Å². The molecule has 1 aromatic rings. The number of allylic oxidation sites excluding steroid dienone is 3. The molecule has 0 aliphatic carbocycles. The molecule has 11 heavy (non-hydrogen) atoms. The molecule has 0 radical (unpaired) electrons. The molecule has 0 aliphatic rings. The van der Waals surface area contributed by atoms with Crippen LogP contribution in [0.15, 0.2) is 49.0 Å². The summed E-state index contributed by atoms with van der Waals surface area (Å²) in [7, 11) is 0. The van der Waals surface area contributed by atoms with Crippen molar-refractivity contribution in [3.63, 3.8) is 0 Å². The molecule has 0 aromatic carbocycles. The first kappa shape index (κ1) is 8.00. The Bertz CT molecular complexity index is 236. The van der Waals surface area contributed by atoms with Gasteiger partial charge in [0, 0.05) is 0 Å². The Morgan fingerprint density at radius 1 is 1.45 bits per heavy atom.